The van der Waals surface area contributed by atoms with Gasteiger partial charge in [0.15, 0.2) is 0 Å². The molecular weight excluding hydrogens is 311 g/mol. The molecule has 0 N–H and O–H groups in total. The van der Waals surface area contributed by atoms with E-state index in [1.54, 1.807) is 6.92 Å². The molecule has 0 radical (unpaired) electrons. The minimum atomic E-state index is -4.81. The van der Waals surface area contributed by atoms with Gasteiger partial charge in [0, 0.05) is 12.6 Å². The van der Waals surface area contributed by atoms with Crippen LogP contribution in [0.2, 0.25) is 0 Å². The lowest BCUT2D eigenvalue weighted by atomic mass is 10.1. The summed E-state index contributed by atoms with van der Waals surface area (Å²) in [4.78, 5) is 24.5. The van der Waals surface area contributed by atoms with Crippen molar-refractivity contribution in [3.05, 3.63) is 61.4 Å². The minimum Gasteiger partial charge on any atom is -0.292 e. The first-order valence-corrected chi connectivity index (χ1v) is 6.50. The average molecular weight is 323 g/mol. The number of aromatic nitrogens is 2. The molecule has 0 atom stereocenters. The molecule has 0 spiro atoms. The molecule has 0 bridgehead atoms. The normalized spacial score (nSPS) is 11.3. The van der Waals surface area contributed by atoms with Crippen molar-refractivity contribution in [2.24, 2.45) is 7.05 Å². The third-order valence-electron chi connectivity index (χ3n) is 3.55. The van der Waals surface area contributed by atoms with Crippen LogP contribution in [-0.2, 0) is 13.2 Å². The van der Waals surface area contributed by atoms with Gasteiger partial charge in [-0.1, -0.05) is 0 Å². The summed E-state index contributed by atoms with van der Waals surface area (Å²) in [7, 11) is 0.963. The molecule has 0 aliphatic rings. The molecule has 120 valence electrons. The van der Waals surface area contributed by atoms with Crippen LogP contribution < -0.4 is 11.2 Å². The summed E-state index contributed by atoms with van der Waals surface area (Å²) in [6.45, 7) is 2.63. The van der Waals surface area contributed by atoms with Crippen LogP contribution in [-0.4, -0.2) is 9.13 Å². The summed E-state index contributed by atoms with van der Waals surface area (Å²) in [5.74, 6) is 0. The Bertz CT molecular complexity index is 909. The number of nitriles is 1. The van der Waals surface area contributed by atoms with Crippen molar-refractivity contribution in [3.8, 4) is 11.8 Å². The largest absolute Gasteiger partial charge is 0.432 e. The van der Waals surface area contributed by atoms with Crippen LogP contribution in [0.15, 0.2) is 27.8 Å². The highest BCUT2D eigenvalue weighted by Gasteiger charge is 2.37. The molecule has 1 aromatic carbocycles. The Morgan fingerprint density at radius 3 is 2.26 bits per heavy atom. The Morgan fingerprint density at radius 2 is 1.78 bits per heavy atom. The summed E-state index contributed by atoms with van der Waals surface area (Å²) in [6, 6.07) is 6.10. The van der Waals surface area contributed by atoms with E-state index < -0.39 is 28.7 Å². The molecule has 0 amide bonds. The van der Waals surface area contributed by atoms with Crippen LogP contribution in [0.5, 0.6) is 0 Å². The monoisotopic (exact) mass is 323 g/mol. The lowest BCUT2D eigenvalue weighted by molar-refractivity contribution is -0.144. The molecule has 23 heavy (non-hydrogen) atoms. The third kappa shape index (κ3) is 2.65. The van der Waals surface area contributed by atoms with Crippen LogP contribution in [0.1, 0.15) is 22.4 Å². The number of benzene rings is 1. The standard InChI is InChI=1S/C15H12F3N3O2/c1-8-6-11(5-4-10(8)7-19)21-13(22)9(2)12(15(16,17)18)20(3)14(21)23/h4-6H,1-3H3. The third-order valence-corrected chi connectivity index (χ3v) is 3.55. The van der Waals surface area contributed by atoms with Crippen LogP contribution in [0.3, 0.4) is 0 Å². The second kappa shape index (κ2) is 5.43. The zero-order chi connectivity index (χ0) is 17.5. The molecule has 0 saturated heterocycles. The maximum absolute atomic E-state index is 13.0. The van der Waals surface area contributed by atoms with Crippen molar-refractivity contribution >= 4 is 0 Å². The first kappa shape index (κ1) is 16.5. The van der Waals surface area contributed by atoms with Gasteiger partial charge in [0.2, 0.25) is 0 Å². The van der Waals surface area contributed by atoms with E-state index in [4.69, 9.17) is 5.26 Å². The highest BCUT2D eigenvalue weighted by atomic mass is 19.4. The van der Waals surface area contributed by atoms with Gasteiger partial charge in [-0.3, -0.25) is 9.36 Å². The van der Waals surface area contributed by atoms with Gasteiger partial charge in [0.1, 0.15) is 5.69 Å². The van der Waals surface area contributed by atoms with E-state index in [-0.39, 0.29) is 5.69 Å². The molecule has 5 nitrogen and oxygen atoms in total. The highest BCUT2D eigenvalue weighted by Crippen LogP contribution is 2.29. The first-order chi connectivity index (χ1) is 10.6. The van der Waals surface area contributed by atoms with Crippen molar-refractivity contribution in [1.82, 2.24) is 9.13 Å². The van der Waals surface area contributed by atoms with Crippen LogP contribution in [0.4, 0.5) is 13.2 Å². The van der Waals surface area contributed by atoms with Crippen molar-refractivity contribution < 1.29 is 13.2 Å². The maximum atomic E-state index is 13.0. The smallest absolute Gasteiger partial charge is 0.292 e. The summed E-state index contributed by atoms with van der Waals surface area (Å²) < 4.78 is 40.1. The Labute approximate surface area is 128 Å². The van der Waals surface area contributed by atoms with E-state index in [0.717, 1.165) is 14.0 Å². The molecule has 0 aliphatic carbocycles. The van der Waals surface area contributed by atoms with Gasteiger partial charge in [-0.2, -0.15) is 18.4 Å². The molecular formula is C15H12F3N3O2. The van der Waals surface area contributed by atoms with Crippen molar-refractivity contribution in [1.29, 1.82) is 5.26 Å². The molecule has 2 aromatic rings. The quantitative estimate of drug-likeness (QED) is 0.806. The minimum absolute atomic E-state index is 0.115. The fourth-order valence-corrected chi connectivity index (χ4v) is 2.40. The van der Waals surface area contributed by atoms with Gasteiger partial charge in [0.05, 0.1) is 17.3 Å². The summed E-state index contributed by atoms with van der Waals surface area (Å²) in [5, 5.41) is 8.89. The fraction of sp³-hybridized carbons (Fsp3) is 0.267. The molecule has 2 rings (SSSR count). The van der Waals surface area contributed by atoms with Gasteiger partial charge in [-0.05, 0) is 37.6 Å². The Balaban J connectivity index is 2.87. The number of halogens is 3. The SMILES string of the molecule is Cc1cc(-n2c(=O)c(C)c(C(F)(F)F)n(C)c2=O)ccc1C#N. The van der Waals surface area contributed by atoms with E-state index in [9.17, 15) is 22.8 Å². The number of hydrogen-bond donors (Lipinski definition) is 0. The van der Waals surface area contributed by atoms with Gasteiger partial charge in [-0.25, -0.2) is 9.36 Å². The molecule has 0 aliphatic heterocycles. The van der Waals surface area contributed by atoms with Crippen LogP contribution in [0, 0.1) is 25.2 Å². The number of hydrogen-bond acceptors (Lipinski definition) is 3. The van der Waals surface area contributed by atoms with Crippen molar-refractivity contribution in [2.75, 3.05) is 0 Å². The van der Waals surface area contributed by atoms with Gasteiger partial charge < -0.3 is 0 Å². The summed E-state index contributed by atoms with van der Waals surface area (Å²) >= 11 is 0. The lowest BCUT2D eigenvalue weighted by Crippen LogP contribution is -2.42. The lowest BCUT2D eigenvalue weighted by Gasteiger charge is -2.17. The first-order valence-electron chi connectivity index (χ1n) is 6.50. The maximum Gasteiger partial charge on any atom is 0.432 e. The highest BCUT2D eigenvalue weighted by molar-refractivity contribution is 5.45. The van der Waals surface area contributed by atoms with Crippen molar-refractivity contribution in [3.63, 3.8) is 0 Å². The molecule has 0 unspecified atom stereocenters. The zero-order valence-corrected chi connectivity index (χ0v) is 12.5. The van der Waals surface area contributed by atoms with Crippen LogP contribution in [0.25, 0.3) is 5.69 Å². The van der Waals surface area contributed by atoms with E-state index in [1.165, 1.54) is 18.2 Å². The predicted molar refractivity (Wildman–Crippen MR) is 76.5 cm³/mol. The number of nitrogens with zero attached hydrogens (tertiary/aromatic N) is 3. The number of alkyl halides is 3. The summed E-state index contributed by atoms with van der Waals surface area (Å²) in [6.07, 6.45) is -4.81. The second-order valence-electron chi connectivity index (χ2n) is 5.06. The Kier molecular flexibility index (Phi) is 3.90. The second-order valence-corrected chi connectivity index (χ2v) is 5.06. The zero-order valence-electron chi connectivity index (χ0n) is 12.5. The van der Waals surface area contributed by atoms with E-state index >= 15 is 0 Å². The van der Waals surface area contributed by atoms with Crippen molar-refractivity contribution in [2.45, 2.75) is 20.0 Å². The van der Waals surface area contributed by atoms with Crippen LogP contribution >= 0.6 is 0 Å². The molecule has 1 heterocycles. The van der Waals surface area contributed by atoms with Gasteiger partial charge in [0.25, 0.3) is 5.56 Å². The fourth-order valence-electron chi connectivity index (χ4n) is 2.40. The average Bonchev–Trinajstić information content (AvgIpc) is 2.44. The Morgan fingerprint density at radius 1 is 1.17 bits per heavy atom. The van der Waals surface area contributed by atoms with E-state index in [0.29, 0.717) is 20.3 Å². The van der Waals surface area contributed by atoms with E-state index in [2.05, 4.69) is 0 Å². The topological polar surface area (TPSA) is 67.8 Å². The van der Waals surface area contributed by atoms with Gasteiger partial charge >= 0.3 is 11.9 Å². The van der Waals surface area contributed by atoms with Gasteiger partial charge in [-0.15, -0.1) is 0 Å². The molecule has 0 saturated carbocycles. The molecule has 8 heteroatoms. The predicted octanol–water partition coefficient (Wildman–Crippen LogP) is 2.04. The molecule has 1 aromatic heterocycles. The Hall–Kier alpha value is -2.82. The summed E-state index contributed by atoms with van der Waals surface area (Å²) in [5.41, 5.74) is -3.00. The number of aryl methyl sites for hydroxylation is 1. The van der Waals surface area contributed by atoms with E-state index in [1.807, 2.05) is 6.07 Å². The number of rotatable bonds is 1. The molecule has 0 fully saturated rings.